The van der Waals surface area contributed by atoms with Crippen LogP contribution < -0.4 is 5.32 Å². The molecule has 96 valence electrons. The first kappa shape index (κ1) is 14.3. The van der Waals surface area contributed by atoms with Crippen LogP contribution in [-0.2, 0) is 0 Å². The van der Waals surface area contributed by atoms with Gasteiger partial charge in [0.2, 0.25) is 0 Å². The van der Waals surface area contributed by atoms with Crippen molar-refractivity contribution in [2.75, 3.05) is 44.2 Å². The minimum Gasteiger partial charge on any atom is -0.316 e. The Labute approximate surface area is 106 Å². The van der Waals surface area contributed by atoms with E-state index in [1.807, 2.05) is 11.8 Å². The molecule has 0 spiro atoms. The van der Waals surface area contributed by atoms with Gasteiger partial charge in [-0.05, 0) is 62.9 Å². The van der Waals surface area contributed by atoms with E-state index in [1.54, 1.807) is 0 Å². The molecule has 0 bridgehead atoms. The van der Waals surface area contributed by atoms with Gasteiger partial charge in [0.1, 0.15) is 0 Å². The maximum absolute atomic E-state index is 3.58. The highest BCUT2D eigenvalue weighted by molar-refractivity contribution is 7.99. The molecule has 1 rings (SSSR count). The highest BCUT2D eigenvalue weighted by atomic mass is 32.2. The molecule has 1 N–H and O–H groups in total. The Morgan fingerprint density at radius 1 is 1.31 bits per heavy atom. The summed E-state index contributed by atoms with van der Waals surface area (Å²) in [4.78, 5) is 2.61. The van der Waals surface area contributed by atoms with E-state index in [4.69, 9.17) is 0 Å². The first-order valence-corrected chi connectivity index (χ1v) is 7.99. The number of rotatable bonds is 9. The lowest BCUT2D eigenvalue weighted by molar-refractivity contribution is 0.283. The van der Waals surface area contributed by atoms with Crippen LogP contribution in [0.5, 0.6) is 0 Å². The van der Waals surface area contributed by atoms with E-state index < -0.39 is 0 Å². The van der Waals surface area contributed by atoms with Gasteiger partial charge in [-0.15, -0.1) is 0 Å². The lowest BCUT2D eigenvalue weighted by Gasteiger charge is -2.20. The summed E-state index contributed by atoms with van der Waals surface area (Å²) >= 11 is 2.04. The van der Waals surface area contributed by atoms with Crippen molar-refractivity contribution in [3.05, 3.63) is 0 Å². The molecule has 0 radical (unpaired) electrons. The molecular weight excluding hydrogens is 216 g/mol. The van der Waals surface area contributed by atoms with Gasteiger partial charge in [0.15, 0.2) is 0 Å². The number of hydrogen-bond acceptors (Lipinski definition) is 3. The molecule has 1 atom stereocenters. The van der Waals surface area contributed by atoms with Crippen molar-refractivity contribution in [3.8, 4) is 0 Å². The molecule has 0 aromatic carbocycles. The van der Waals surface area contributed by atoms with Gasteiger partial charge in [-0.1, -0.05) is 13.8 Å². The average Bonchev–Trinajstić information content (AvgIpc) is 2.76. The minimum absolute atomic E-state index is 0.803. The van der Waals surface area contributed by atoms with Crippen molar-refractivity contribution >= 4 is 11.8 Å². The Balaban J connectivity index is 1.87. The van der Waals surface area contributed by atoms with Crippen LogP contribution >= 0.6 is 11.8 Å². The molecule has 0 aliphatic carbocycles. The smallest absolute Gasteiger partial charge is 0.00191 e. The molecule has 1 aliphatic rings. The highest BCUT2D eigenvalue weighted by Crippen LogP contribution is 2.09. The number of hydrogen-bond donors (Lipinski definition) is 1. The van der Waals surface area contributed by atoms with Gasteiger partial charge >= 0.3 is 0 Å². The summed E-state index contributed by atoms with van der Waals surface area (Å²) in [7, 11) is 0. The van der Waals surface area contributed by atoms with E-state index in [2.05, 4.69) is 24.1 Å². The van der Waals surface area contributed by atoms with Crippen LogP contribution in [-0.4, -0.2) is 49.1 Å². The molecule has 1 heterocycles. The van der Waals surface area contributed by atoms with Gasteiger partial charge in [-0.3, -0.25) is 0 Å². The fourth-order valence-corrected chi connectivity index (χ4v) is 2.90. The van der Waals surface area contributed by atoms with Gasteiger partial charge < -0.3 is 10.2 Å². The summed E-state index contributed by atoms with van der Waals surface area (Å²) in [5.74, 6) is 3.37. The summed E-state index contributed by atoms with van der Waals surface area (Å²) < 4.78 is 0. The molecule has 0 amide bonds. The molecular formula is C13H28N2S. The molecule has 0 aromatic heterocycles. The predicted octanol–water partition coefficient (Wildman–Crippen LogP) is 2.45. The van der Waals surface area contributed by atoms with E-state index >= 15 is 0 Å². The predicted molar refractivity (Wildman–Crippen MR) is 75.3 cm³/mol. The first-order chi connectivity index (χ1) is 7.83. The van der Waals surface area contributed by atoms with Crippen LogP contribution in [0.2, 0.25) is 0 Å². The molecule has 1 aliphatic heterocycles. The van der Waals surface area contributed by atoms with Crippen LogP contribution in [0.1, 0.15) is 33.1 Å². The summed E-state index contributed by atoms with van der Waals surface area (Å²) in [5, 5.41) is 3.58. The van der Waals surface area contributed by atoms with Gasteiger partial charge in [-0.25, -0.2) is 0 Å². The number of likely N-dealkylation sites (tertiary alicyclic amines) is 1. The molecule has 3 heteroatoms. The molecule has 0 saturated carbocycles. The van der Waals surface area contributed by atoms with Crippen molar-refractivity contribution in [3.63, 3.8) is 0 Å². The van der Waals surface area contributed by atoms with Crippen molar-refractivity contribution in [2.45, 2.75) is 33.1 Å². The Kier molecular flexibility index (Phi) is 8.34. The van der Waals surface area contributed by atoms with Crippen LogP contribution in [0.4, 0.5) is 0 Å². The Morgan fingerprint density at radius 2 is 2.06 bits per heavy atom. The van der Waals surface area contributed by atoms with E-state index in [9.17, 15) is 0 Å². The van der Waals surface area contributed by atoms with Crippen LogP contribution in [0, 0.1) is 5.92 Å². The SMILES string of the molecule is CCSCCCNCC(C)CN1CCCC1. The van der Waals surface area contributed by atoms with Crippen LogP contribution in [0.3, 0.4) is 0 Å². The third kappa shape index (κ3) is 6.77. The van der Waals surface area contributed by atoms with E-state index in [0.717, 1.165) is 5.92 Å². The molecule has 1 unspecified atom stereocenters. The lowest BCUT2D eigenvalue weighted by Crippen LogP contribution is -2.32. The summed E-state index contributed by atoms with van der Waals surface area (Å²) in [5.41, 5.74) is 0. The van der Waals surface area contributed by atoms with Crippen LogP contribution in [0.15, 0.2) is 0 Å². The maximum Gasteiger partial charge on any atom is 0.00191 e. The average molecular weight is 244 g/mol. The number of thioether (sulfide) groups is 1. The topological polar surface area (TPSA) is 15.3 Å². The zero-order valence-corrected chi connectivity index (χ0v) is 11.8. The quantitative estimate of drug-likeness (QED) is 0.627. The van der Waals surface area contributed by atoms with Crippen molar-refractivity contribution in [2.24, 2.45) is 5.92 Å². The van der Waals surface area contributed by atoms with E-state index in [0.29, 0.717) is 0 Å². The fourth-order valence-electron chi connectivity index (χ4n) is 2.26. The highest BCUT2D eigenvalue weighted by Gasteiger charge is 2.13. The molecule has 16 heavy (non-hydrogen) atoms. The standard InChI is InChI=1S/C13H28N2S/c1-3-16-10-6-7-14-11-13(2)12-15-8-4-5-9-15/h13-14H,3-12H2,1-2H3. The van der Waals surface area contributed by atoms with Crippen molar-refractivity contribution in [1.29, 1.82) is 0 Å². The summed E-state index contributed by atoms with van der Waals surface area (Å²) in [6.07, 6.45) is 4.14. The summed E-state index contributed by atoms with van der Waals surface area (Å²) in [6, 6.07) is 0. The lowest BCUT2D eigenvalue weighted by atomic mass is 10.1. The summed E-state index contributed by atoms with van der Waals surface area (Å²) in [6.45, 7) is 10.9. The second-order valence-corrected chi connectivity index (χ2v) is 6.26. The monoisotopic (exact) mass is 244 g/mol. The van der Waals surface area contributed by atoms with E-state index in [1.165, 1.54) is 63.5 Å². The zero-order chi connectivity index (χ0) is 11.6. The Bertz CT molecular complexity index is 158. The zero-order valence-electron chi connectivity index (χ0n) is 11.0. The maximum atomic E-state index is 3.58. The van der Waals surface area contributed by atoms with Gasteiger partial charge in [0, 0.05) is 6.54 Å². The minimum atomic E-state index is 0.803. The Hall–Kier alpha value is 0.270. The molecule has 0 aromatic rings. The normalized spacial score (nSPS) is 19.1. The Morgan fingerprint density at radius 3 is 2.75 bits per heavy atom. The second kappa shape index (κ2) is 9.32. The largest absolute Gasteiger partial charge is 0.316 e. The number of nitrogens with zero attached hydrogens (tertiary/aromatic N) is 1. The fraction of sp³-hybridized carbons (Fsp3) is 1.00. The van der Waals surface area contributed by atoms with Gasteiger partial charge in [0.05, 0.1) is 0 Å². The first-order valence-electron chi connectivity index (χ1n) is 6.83. The van der Waals surface area contributed by atoms with E-state index in [-0.39, 0.29) is 0 Å². The third-order valence-corrected chi connectivity index (χ3v) is 4.09. The second-order valence-electron chi connectivity index (χ2n) is 4.87. The molecule has 1 fully saturated rings. The van der Waals surface area contributed by atoms with Crippen molar-refractivity contribution < 1.29 is 0 Å². The molecule has 1 saturated heterocycles. The van der Waals surface area contributed by atoms with Crippen LogP contribution in [0.25, 0.3) is 0 Å². The van der Waals surface area contributed by atoms with Gasteiger partial charge in [-0.2, -0.15) is 11.8 Å². The third-order valence-electron chi connectivity index (χ3n) is 3.11. The van der Waals surface area contributed by atoms with Crippen molar-refractivity contribution in [1.82, 2.24) is 10.2 Å². The number of nitrogens with one attached hydrogen (secondary N) is 1. The van der Waals surface area contributed by atoms with Gasteiger partial charge in [0.25, 0.3) is 0 Å². The molecule has 2 nitrogen and oxygen atoms in total.